The number of rotatable bonds is 3. The van der Waals surface area contributed by atoms with Crippen LogP contribution >= 0.6 is 11.8 Å². The number of hydrogen-bond donors (Lipinski definition) is 0. The standard InChI is InChI=1S/C14H15N3OS/c1-2-9(1)10-3-5-15-12(7-10)14-16-13(17-18-14)11-4-6-19-8-11/h3,5,7,9,11H,1-2,4,6,8H2. The van der Waals surface area contributed by atoms with Crippen LogP contribution < -0.4 is 0 Å². The van der Waals surface area contributed by atoms with E-state index < -0.39 is 0 Å². The molecule has 2 aliphatic rings. The Labute approximate surface area is 116 Å². The molecule has 1 saturated heterocycles. The Morgan fingerprint density at radius 3 is 2.95 bits per heavy atom. The third-order valence-electron chi connectivity index (χ3n) is 3.79. The Balaban J connectivity index is 1.62. The number of nitrogens with zero attached hydrogens (tertiary/aromatic N) is 3. The van der Waals surface area contributed by atoms with Crippen molar-refractivity contribution in [2.75, 3.05) is 11.5 Å². The van der Waals surface area contributed by atoms with Crippen LogP contribution in [-0.4, -0.2) is 26.6 Å². The van der Waals surface area contributed by atoms with Crippen molar-refractivity contribution in [2.45, 2.75) is 31.1 Å². The summed E-state index contributed by atoms with van der Waals surface area (Å²) in [5.74, 6) is 4.89. The van der Waals surface area contributed by atoms with Gasteiger partial charge in [-0.15, -0.1) is 0 Å². The van der Waals surface area contributed by atoms with Gasteiger partial charge in [0.2, 0.25) is 0 Å². The van der Waals surface area contributed by atoms with Crippen LogP contribution in [0.3, 0.4) is 0 Å². The van der Waals surface area contributed by atoms with Crippen molar-refractivity contribution in [1.82, 2.24) is 15.1 Å². The average Bonchev–Trinajstić information content (AvgIpc) is 2.96. The second-order valence-corrected chi connectivity index (χ2v) is 6.42. The topological polar surface area (TPSA) is 51.8 Å². The third-order valence-corrected chi connectivity index (χ3v) is 4.95. The second-order valence-electron chi connectivity index (χ2n) is 5.27. The van der Waals surface area contributed by atoms with Crippen LogP contribution in [0.1, 0.15) is 42.5 Å². The van der Waals surface area contributed by atoms with Crippen LogP contribution in [0, 0.1) is 0 Å². The van der Waals surface area contributed by atoms with Gasteiger partial charge in [-0.3, -0.25) is 4.98 Å². The van der Waals surface area contributed by atoms with E-state index >= 15 is 0 Å². The lowest BCUT2D eigenvalue weighted by molar-refractivity contribution is 0.416. The van der Waals surface area contributed by atoms with E-state index in [9.17, 15) is 0 Å². The molecule has 1 unspecified atom stereocenters. The zero-order valence-electron chi connectivity index (χ0n) is 10.6. The predicted octanol–water partition coefficient (Wildman–Crippen LogP) is 3.23. The van der Waals surface area contributed by atoms with Crippen molar-refractivity contribution >= 4 is 11.8 Å². The van der Waals surface area contributed by atoms with E-state index in [1.165, 1.54) is 24.2 Å². The molecule has 0 bridgehead atoms. The summed E-state index contributed by atoms with van der Waals surface area (Å²) in [4.78, 5) is 8.89. The van der Waals surface area contributed by atoms with Gasteiger partial charge in [0.25, 0.3) is 5.89 Å². The Bertz CT molecular complexity index is 588. The van der Waals surface area contributed by atoms with Crippen molar-refractivity contribution in [3.63, 3.8) is 0 Å². The largest absolute Gasteiger partial charge is 0.332 e. The molecule has 0 aromatic carbocycles. The van der Waals surface area contributed by atoms with Crippen molar-refractivity contribution in [3.8, 4) is 11.6 Å². The van der Waals surface area contributed by atoms with Gasteiger partial charge >= 0.3 is 0 Å². The molecule has 1 atom stereocenters. The Morgan fingerprint density at radius 2 is 2.16 bits per heavy atom. The van der Waals surface area contributed by atoms with Gasteiger partial charge in [0.1, 0.15) is 5.69 Å². The Kier molecular flexibility index (Phi) is 2.80. The van der Waals surface area contributed by atoms with Gasteiger partial charge in [0.05, 0.1) is 0 Å². The first-order chi connectivity index (χ1) is 9.40. The minimum absolute atomic E-state index is 0.453. The smallest absolute Gasteiger partial charge is 0.276 e. The first kappa shape index (κ1) is 11.5. The van der Waals surface area contributed by atoms with E-state index in [4.69, 9.17) is 4.52 Å². The minimum atomic E-state index is 0.453. The van der Waals surface area contributed by atoms with E-state index in [2.05, 4.69) is 27.3 Å². The monoisotopic (exact) mass is 273 g/mol. The van der Waals surface area contributed by atoms with Gasteiger partial charge in [-0.05, 0) is 48.6 Å². The lowest BCUT2D eigenvalue weighted by Crippen LogP contribution is -1.98. The fourth-order valence-corrected chi connectivity index (χ4v) is 3.70. The summed E-state index contributed by atoms with van der Waals surface area (Å²) in [5, 5.41) is 4.13. The van der Waals surface area contributed by atoms with E-state index in [0.29, 0.717) is 11.8 Å². The fraction of sp³-hybridized carbons (Fsp3) is 0.500. The van der Waals surface area contributed by atoms with Gasteiger partial charge < -0.3 is 4.52 Å². The summed E-state index contributed by atoms with van der Waals surface area (Å²) < 4.78 is 5.39. The summed E-state index contributed by atoms with van der Waals surface area (Å²) in [6.07, 6.45) is 5.58. The third kappa shape index (κ3) is 2.27. The number of pyridine rings is 1. The maximum absolute atomic E-state index is 5.39. The van der Waals surface area contributed by atoms with Crippen molar-refractivity contribution in [1.29, 1.82) is 0 Å². The second kappa shape index (κ2) is 4.63. The van der Waals surface area contributed by atoms with E-state index in [0.717, 1.165) is 29.6 Å². The van der Waals surface area contributed by atoms with Crippen LogP contribution in [0.15, 0.2) is 22.9 Å². The molecule has 0 amide bonds. The Morgan fingerprint density at radius 1 is 1.21 bits per heavy atom. The highest BCUT2D eigenvalue weighted by atomic mass is 32.2. The highest BCUT2D eigenvalue weighted by Crippen LogP contribution is 2.40. The van der Waals surface area contributed by atoms with E-state index in [1.807, 2.05) is 18.0 Å². The van der Waals surface area contributed by atoms with Crippen molar-refractivity contribution in [3.05, 3.63) is 29.7 Å². The van der Waals surface area contributed by atoms with Crippen LogP contribution in [-0.2, 0) is 0 Å². The van der Waals surface area contributed by atoms with E-state index in [-0.39, 0.29) is 0 Å². The zero-order valence-corrected chi connectivity index (χ0v) is 11.4. The quantitative estimate of drug-likeness (QED) is 0.859. The highest BCUT2D eigenvalue weighted by Gasteiger charge is 2.26. The fourth-order valence-electron chi connectivity index (χ4n) is 2.48. The zero-order chi connectivity index (χ0) is 12.7. The summed E-state index contributed by atoms with van der Waals surface area (Å²) in [5.41, 5.74) is 2.16. The molecule has 0 radical (unpaired) electrons. The molecule has 2 aromatic rings. The molecular weight excluding hydrogens is 258 g/mol. The summed E-state index contributed by atoms with van der Waals surface area (Å²) in [7, 11) is 0. The highest BCUT2D eigenvalue weighted by molar-refractivity contribution is 7.99. The molecule has 2 aromatic heterocycles. The predicted molar refractivity (Wildman–Crippen MR) is 74.2 cm³/mol. The number of thioether (sulfide) groups is 1. The van der Waals surface area contributed by atoms with Gasteiger partial charge in [-0.2, -0.15) is 16.7 Å². The maximum Gasteiger partial charge on any atom is 0.276 e. The number of hydrogen-bond acceptors (Lipinski definition) is 5. The maximum atomic E-state index is 5.39. The van der Waals surface area contributed by atoms with Gasteiger partial charge in [0, 0.05) is 17.9 Å². The molecular formula is C14H15N3OS. The number of aromatic nitrogens is 3. The molecule has 4 nitrogen and oxygen atoms in total. The molecule has 3 heterocycles. The molecule has 0 spiro atoms. The molecule has 5 heteroatoms. The normalized spacial score (nSPS) is 22.8. The molecule has 1 aliphatic heterocycles. The Hall–Kier alpha value is -1.36. The summed E-state index contributed by atoms with van der Waals surface area (Å²) >= 11 is 1.96. The van der Waals surface area contributed by atoms with Gasteiger partial charge in [0.15, 0.2) is 5.82 Å². The van der Waals surface area contributed by atoms with Crippen LogP contribution in [0.25, 0.3) is 11.6 Å². The van der Waals surface area contributed by atoms with Crippen LogP contribution in [0.4, 0.5) is 0 Å². The van der Waals surface area contributed by atoms with E-state index in [1.54, 1.807) is 0 Å². The first-order valence-corrected chi connectivity index (χ1v) is 7.93. The molecule has 1 aliphatic carbocycles. The molecule has 4 rings (SSSR count). The lowest BCUT2D eigenvalue weighted by Gasteiger charge is -1.99. The van der Waals surface area contributed by atoms with Gasteiger partial charge in [-0.25, -0.2) is 0 Å². The van der Waals surface area contributed by atoms with Gasteiger partial charge in [-0.1, -0.05) is 5.16 Å². The summed E-state index contributed by atoms with van der Waals surface area (Å²) in [6, 6.07) is 4.18. The SMILES string of the molecule is c1cc(C2CC2)cc(-c2nc(C3CCSC3)no2)n1. The van der Waals surface area contributed by atoms with Crippen molar-refractivity contribution < 1.29 is 4.52 Å². The minimum Gasteiger partial charge on any atom is -0.332 e. The van der Waals surface area contributed by atoms with Crippen LogP contribution in [0.5, 0.6) is 0 Å². The first-order valence-electron chi connectivity index (χ1n) is 6.78. The van der Waals surface area contributed by atoms with Crippen LogP contribution in [0.2, 0.25) is 0 Å². The lowest BCUT2D eigenvalue weighted by atomic mass is 10.1. The van der Waals surface area contributed by atoms with Crippen molar-refractivity contribution in [2.24, 2.45) is 0 Å². The average molecular weight is 273 g/mol. The molecule has 19 heavy (non-hydrogen) atoms. The molecule has 0 N–H and O–H groups in total. The molecule has 98 valence electrons. The summed E-state index contributed by atoms with van der Waals surface area (Å²) in [6.45, 7) is 0. The molecule has 1 saturated carbocycles. The molecule has 2 fully saturated rings.